The Morgan fingerprint density at radius 1 is 1.36 bits per heavy atom. The Bertz CT molecular complexity index is 191. The third-order valence-electron chi connectivity index (χ3n) is 3.24. The molecule has 3 unspecified atom stereocenters. The molecule has 0 aliphatic heterocycles. The normalized spacial score (nSPS) is 32.0. The minimum atomic E-state index is -0.733. The van der Waals surface area contributed by atoms with Gasteiger partial charge in [0.1, 0.15) is 0 Å². The topological polar surface area (TPSA) is 57.5 Å². The van der Waals surface area contributed by atoms with Crippen LogP contribution < -0.4 is 0 Å². The van der Waals surface area contributed by atoms with Gasteiger partial charge in [0.05, 0.1) is 12.0 Å². The molecule has 1 saturated carbocycles. The fourth-order valence-electron chi connectivity index (χ4n) is 2.38. The SMILES string of the molecule is CCCCCC1C(O)CCC1C(=O)O. The lowest BCUT2D eigenvalue weighted by Crippen LogP contribution is -2.24. The Morgan fingerprint density at radius 3 is 2.64 bits per heavy atom. The molecule has 0 aromatic rings. The summed E-state index contributed by atoms with van der Waals surface area (Å²) in [6, 6.07) is 0. The first-order valence-corrected chi connectivity index (χ1v) is 5.57. The summed E-state index contributed by atoms with van der Waals surface area (Å²) < 4.78 is 0. The Morgan fingerprint density at radius 2 is 2.07 bits per heavy atom. The Hall–Kier alpha value is -0.570. The van der Waals surface area contributed by atoms with Crippen molar-refractivity contribution in [2.24, 2.45) is 11.8 Å². The maximum Gasteiger partial charge on any atom is 0.306 e. The van der Waals surface area contributed by atoms with Crippen LogP contribution in [0.4, 0.5) is 0 Å². The van der Waals surface area contributed by atoms with Gasteiger partial charge in [-0.1, -0.05) is 26.2 Å². The van der Waals surface area contributed by atoms with Crippen molar-refractivity contribution in [1.29, 1.82) is 0 Å². The number of hydrogen-bond donors (Lipinski definition) is 2. The van der Waals surface area contributed by atoms with Crippen LogP contribution in [-0.4, -0.2) is 22.3 Å². The average Bonchev–Trinajstić information content (AvgIpc) is 2.48. The molecule has 0 spiro atoms. The zero-order chi connectivity index (χ0) is 10.6. The Labute approximate surface area is 85.1 Å². The van der Waals surface area contributed by atoms with E-state index in [0.29, 0.717) is 12.8 Å². The number of unbranched alkanes of at least 4 members (excludes halogenated alkanes) is 2. The van der Waals surface area contributed by atoms with Crippen molar-refractivity contribution in [3.63, 3.8) is 0 Å². The second-order valence-electron chi connectivity index (χ2n) is 4.25. The first kappa shape index (κ1) is 11.5. The molecular formula is C11H20O3. The number of carbonyl (C=O) groups is 1. The molecule has 0 aromatic heterocycles. The van der Waals surface area contributed by atoms with Gasteiger partial charge in [0.25, 0.3) is 0 Å². The molecule has 1 fully saturated rings. The summed E-state index contributed by atoms with van der Waals surface area (Å²) in [6.45, 7) is 2.12. The summed E-state index contributed by atoms with van der Waals surface area (Å²) in [6.07, 6.45) is 5.11. The monoisotopic (exact) mass is 200 g/mol. The van der Waals surface area contributed by atoms with Crippen molar-refractivity contribution in [3.05, 3.63) is 0 Å². The molecule has 82 valence electrons. The number of hydrogen-bond acceptors (Lipinski definition) is 2. The lowest BCUT2D eigenvalue weighted by Gasteiger charge is -2.18. The first-order chi connectivity index (χ1) is 6.66. The van der Waals surface area contributed by atoms with E-state index in [0.717, 1.165) is 25.7 Å². The van der Waals surface area contributed by atoms with E-state index in [1.165, 1.54) is 0 Å². The maximum atomic E-state index is 10.9. The van der Waals surface area contributed by atoms with Crippen LogP contribution in [0.1, 0.15) is 45.4 Å². The van der Waals surface area contributed by atoms with Crippen LogP contribution in [0.15, 0.2) is 0 Å². The van der Waals surface area contributed by atoms with E-state index in [1.54, 1.807) is 0 Å². The van der Waals surface area contributed by atoms with E-state index in [2.05, 4.69) is 6.92 Å². The standard InChI is InChI=1S/C11H20O3/c1-2-3-4-5-8-9(11(13)14)6-7-10(8)12/h8-10,12H,2-7H2,1H3,(H,13,14). The number of aliphatic hydroxyl groups is 1. The molecule has 3 nitrogen and oxygen atoms in total. The van der Waals surface area contributed by atoms with Gasteiger partial charge in [0, 0.05) is 0 Å². The van der Waals surface area contributed by atoms with Crippen molar-refractivity contribution in [2.75, 3.05) is 0 Å². The van der Waals surface area contributed by atoms with Gasteiger partial charge in [-0.3, -0.25) is 4.79 Å². The molecule has 1 rings (SSSR count). The van der Waals surface area contributed by atoms with Crippen molar-refractivity contribution < 1.29 is 15.0 Å². The fraction of sp³-hybridized carbons (Fsp3) is 0.909. The summed E-state index contributed by atoms with van der Waals surface area (Å²) >= 11 is 0. The van der Waals surface area contributed by atoms with Crippen LogP contribution >= 0.6 is 0 Å². The molecule has 0 saturated heterocycles. The van der Waals surface area contributed by atoms with E-state index < -0.39 is 5.97 Å². The minimum absolute atomic E-state index is 0.000880. The molecule has 1 aliphatic rings. The second-order valence-corrected chi connectivity index (χ2v) is 4.25. The number of carboxylic acid groups (broad SMARTS) is 1. The van der Waals surface area contributed by atoms with E-state index in [1.807, 2.05) is 0 Å². The van der Waals surface area contributed by atoms with Gasteiger partial charge in [-0.15, -0.1) is 0 Å². The molecule has 14 heavy (non-hydrogen) atoms. The van der Waals surface area contributed by atoms with Gasteiger partial charge in [-0.2, -0.15) is 0 Å². The highest BCUT2D eigenvalue weighted by Gasteiger charge is 2.38. The van der Waals surface area contributed by atoms with Crippen LogP contribution in [0.3, 0.4) is 0 Å². The van der Waals surface area contributed by atoms with Crippen LogP contribution in [0, 0.1) is 11.8 Å². The lowest BCUT2D eigenvalue weighted by atomic mass is 9.89. The van der Waals surface area contributed by atoms with Gasteiger partial charge < -0.3 is 10.2 Å². The molecule has 2 N–H and O–H groups in total. The molecule has 3 heteroatoms. The van der Waals surface area contributed by atoms with Crippen LogP contribution in [0.5, 0.6) is 0 Å². The third-order valence-corrected chi connectivity index (χ3v) is 3.24. The quantitative estimate of drug-likeness (QED) is 0.668. The van der Waals surface area contributed by atoms with Crippen molar-refractivity contribution in [2.45, 2.75) is 51.6 Å². The maximum absolute atomic E-state index is 10.9. The third kappa shape index (κ3) is 2.71. The smallest absolute Gasteiger partial charge is 0.306 e. The molecule has 0 aromatic carbocycles. The molecule has 0 amide bonds. The molecule has 0 heterocycles. The Kier molecular flexibility index (Phi) is 4.39. The van der Waals surface area contributed by atoms with Crippen LogP contribution in [0.25, 0.3) is 0 Å². The molecular weight excluding hydrogens is 180 g/mol. The van der Waals surface area contributed by atoms with E-state index in [-0.39, 0.29) is 17.9 Å². The summed E-state index contributed by atoms with van der Waals surface area (Å²) in [5.74, 6) is -1.04. The highest BCUT2D eigenvalue weighted by atomic mass is 16.4. The van der Waals surface area contributed by atoms with Crippen LogP contribution in [-0.2, 0) is 4.79 Å². The molecule has 0 bridgehead atoms. The zero-order valence-electron chi connectivity index (χ0n) is 8.78. The van der Waals surface area contributed by atoms with Crippen molar-refractivity contribution in [3.8, 4) is 0 Å². The number of rotatable bonds is 5. The summed E-state index contributed by atoms with van der Waals surface area (Å²) in [5.41, 5.74) is 0. The minimum Gasteiger partial charge on any atom is -0.481 e. The zero-order valence-corrected chi connectivity index (χ0v) is 8.78. The van der Waals surface area contributed by atoms with Crippen molar-refractivity contribution in [1.82, 2.24) is 0 Å². The van der Waals surface area contributed by atoms with Gasteiger partial charge in [-0.25, -0.2) is 0 Å². The number of carboxylic acids is 1. The largest absolute Gasteiger partial charge is 0.481 e. The van der Waals surface area contributed by atoms with Gasteiger partial charge >= 0.3 is 5.97 Å². The summed E-state index contributed by atoms with van der Waals surface area (Å²) in [4.78, 5) is 10.9. The Balaban J connectivity index is 2.41. The molecule has 0 radical (unpaired) electrons. The predicted octanol–water partition coefficient (Wildman–Crippen LogP) is 2.04. The lowest BCUT2D eigenvalue weighted by molar-refractivity contribution is -0.143. The van der Waals surface area contributed by atoms with Gasteiger partial charge in [0.15, 0.2) is 0 Å². The first-order valence-electron chi connectivity index (χ1n) is 5.57. The average molecular weight is 200 g/mol. The predicted molar refractivity (Wildman–Crippen MR) is 54.0 cm³/mol. The summed E-state index contributed by atoms with van der Waals surface area (Å²) in [5, 5.41) is 18.6. The fourth-order valence-corrected chi connectivity index (χ4v) is 2.38. The summed E-state index contributed by atoms with van der Waals surface area (Å²) in [7, 11) is 0. The van der Waals surface area contributed by atoms with E-state index >= 15 is 0 Å². The van der Waals surface area contributed by atoms with E-state index in [9.17, 15) is 9.90 Å². The highest BCUT2D eigenvalue weighted by Crippen LogP contribution is 2.35. The van der Waals surface area contributed by atoms with Crippen LogP contribution in [0.2, 0.25) is 0 Å². The van der Waals surface area contributed by atoms with Gasteiger partial charge in [0.2, 0.25) is 0 Å². The number of aliphatic hydroxyl groups excluding tert-OH is 1. The van der Waals surface area contributed by atoms with Gasteiger partial charge in [-0.05, 0) is 25.2 Å². The molecule has 3 atom stereocenters. The highest BCUT2D eigenvalue weighted by molar-refractivity contribution is 5.70. The second kappa shape index (κ2) is 5.35. The van der Waals surface area contributed by atoms with E-state index in [4.69, 9.17) is 5.11 Å². The molecule has 1 aliphatic carbocycles. The van der Waals surface area contributed by atoms with Crippen molar-refractivity contribution >= 4 is 5.97 Å². The number of aliphatic carboxylic acids is 1.